The quantitative estimate of drug-likeness (QED) is 0.630. The highest BCUT2D eigenvalue weighted by atomic mass is 16.5. The first kappa shape index (κ1) is 13.6. The van der Waals surface area contributed by atoms with Crippen molar-refractivity contribution in [3.8, 4) is 17.6 Å². The molecule has 1 amide bonds. The van der Waals surface area contributed by atoms with Crippen LogP contribution in [0.4, 0.5) is 0 Å². The zero-order valence-corrected chi connectivity index (χ0v) is 10.3. The van der Waals surface area contributed by atoms with Gasteiger partial charge in [0.15, 0.2) is 11.5 Å². The molecule has 0 spiro atoms. The van der Waals surface area contributed by atoms with Gasteiger partial charge in [-0.2, -0.15) is 5.26 Å². The lowest BCUT2D eigenvalue weighted by Crippen LogP contribution is -2.12. The topological polar surface area (TPSA) is 85.3 Å². The number of nitrogens with zero attached hydrogens (tertiary/aromatic N) is 1. The van der Waals surface area contributed by atoms with E-state index in [9.17, 15) is 4.79 Å². The monoisotopic (exact) mass is 246 g/mol. The predicted octanol–water partition coefficient (Wildman–Crippen LogP) is 1.49. The Morgan fingerprint density at radius 1 is 1.50 bits per heavy atom. The molecule has 94 valence electrons. The number of carbonyl (C=O) groups is 1. The van der Waals surface area contributed by atoms with Crippen molar-refractivity contribution in [2.24, 2.45) is 5.73 Å². The molecule has 0 aliphatic heterocycles. The molecular weight excluding hydrogens is 232 g/mol. The molecule has 5 heteroatoms. The van der Waals surface area contributed by atoms with Crippen LogP contribution in [0.25, 0.3) is 6.08 Å². The van der Waals surface area contributed by atoms with Crippen LogP contribution in [-0.2, 0) is 4.79 Å². The van der Waals surface area contributed by atoms with Crippen LogP contribution >= 0.6 is 0 Å². The van der Waals surface area contributed by atoms with E-state index in [1.807, 2.05) is 6.92 Å². The number of hydrogen-bond donors (Lipinski definition) is 1. The number of hydrogen-bond acceptors (Lipinski definition) is 4. The van der Waals surface area contributed by atoms with Gasteiger partial charge < -0.3 is 15.2 Å². The normalized spacial score (nSPS) is 10.6. The number of methoxy groups -OCH3 is 1. The fourth-order valence-corrected chi connectivity index (χ4v) is 1.38. The first-order valence-electron chi connectivity index (χ1n) is 5.34. The Balaban J connectivity index is 3.16. The summed E-state index contributed by atoms with van der Waals surface area (Å²) in [6.45, 7) is 2.34. The van der Waals surface area contributed by atoms with Gasteiger partial charge in [-0.1, -0.05) is 6.07 Å². The molecule has 0 saturated carbocycles. The van der Waals surface area contributed by atoms with Crippen LogP contribution in [-0.4, -0.2) is 19.6 Å². The number of amides is 1. The molecule has 1 aromatic carbocycles. The lowest BCUT2D eigenvalue weighted by atomic mass is 10.1. The van der Waals surface area contributed by atoms with E-state index >= 15 is 0 Å². The van der Waals surface area contributed by atoms with Gasteiger partial charge in [0.25, 0.3) is 5.91 Å². The molecule has 5 nitrogen and oxygen atoms in total. The molecule has 18 heavy (non-hydrogen) atoms. The van der Waals surface area contributed by atoms with E-state index in [0.29, 0.717) is 23.7 Å². The molecule has 0 radical (unpaired) electrons. The van der Waals surface area contributed by atoms with Crippen molar-refractivity contribution in [2.45, 2.75) is 6.92 Å². The average Bonchev–Trinajstić information content (AvgIpc) is 2.36. The molecule has 0 bridgehead atoms. The third kappa shape index (κ3) is 3.25. The molecule has 0 fully saturated rings. The molecule has 2 N–H and O–H groups in total. The largest absolute Gasteiger partial charge is 0.493 e. The number of benzene rings is 1. The molecule has 0 aliphatic carbocycles. The highest BCUT2D eigenvalue weighted by molar-refractivity contribution is 6.00. The second-order valence-electron chi connectivity index (χ2n) is 3.38. The van der Waals surface area contributed by atoms with Crippen molar-refractivity contribution in [1.29, 1.82) is 5.26 Å². The maximum atomic E-state index is 10.9. The van der Waals surface area contributed by atoms with Crippen LogP contribution in [0.1, 0.15) is 12.5 Å². The van der Waals surface area contributed by atoms with Gasteiger partial charge in [-0.3, -0.25) is 4.79 Å². The summed E-state index contributed by atoms with van der Waals surface area (Å²) in [6.07, 6.45) is 1.41. The number of ether oxygens (including phenoxy) is 2. The molecule has 0 saturated heterocycles. The molecule has 0 aliphatic rings. The van der Waals surface area contributed by atoms with Gasteiger partial charge in [0.1, 0.15) is 11.6 Å². The lowest BCUT2D eigenvalue weighted by molar-refractivity contribution is -0.114. The van der Waals surface area contributed by atoms with Crippen LogP contribution in [0.15, 0.2) is 23.8 Å². The summed E-state index contributed by atoms with van der Waals surface area (Å²) in [4.78, 5) is 10.9. The SMILES string of the molecule is CCOc1cc(/C=C(\C#N)C(N)=O)ccc1OC. The average molecular weight is 246 g/mol. The Morgan fingerprint density at radius 3 is 2.72 bits per heavy atom. The van der Waals surface area contributed by atoms with Gasteiger partial charge in [-0.25, -0.2) is 0 Å². The van der Waals surface area contributed by atoms with E-state index in [-0.39, 0.29) is 5.57 Å². The second-order valence-corrected chi connectivity index (χ2v) is 3.38. The summed E-state index contributed by atoms with van der Waals surface area (Å²) in [5, 5.41) is 8.76. The molecule has 0 aromatic heterocycles. The first-order valence-corrected chi connectivity index (χ1v) is 5.34. The zero-order chi connectivity index (χ0) is 13.5. The van der Waals surface area contributed by atoms with Gasteiger partial charge in [-0.15, -0.1) is 0 Å². The molecule has 0 atom stereocenters. The Hall–Kier alpha value is -2.48. The maximum absolute atomic E-state index is 10.9. The van der Waals surface area contributed by atoms with Crippen molar-refractivity contribution in [2.75, 3.05) is 13.7 Å². The van der Waals surface area contributed by atoms with Crippen molar-refractivity contribution in [3.63, 3.8) is 0 Å². The van der Waals surface area contributed by atoms with Crippen LogP contribution in [0.2, 0.25) is 0 Å². The minimum absolute atomic E-state index is 0.109. The first-order chi connectivity index (χ1) is 8.62. The number of nitriles is 1. The van der Waals surface area contributed by atoms with Crippen molar-refractivity contribution >= 4 is 12.0 Å². The van der Waals surface area contributed by atoms with Gasteiger partial charge in [0.2, 0.25) is 0 Å². The maximum Gasteiger partial charge on any atom is 0.259 e. The van der Waals surface area contributed by atoms with Gasteiger partial charge in [0, 0.05) is 0 Å². The second kappa shape index (κ2) is 6.30. The summed E-state index contributed by atoms with van der Waals surface area (Å²) in [5.74, 6) is 0.383. The van der Waals surface area contributed by atoms with E-state index in [1.165, 1.54) is 13.2 Å². The third-order valence-electron chi connectivity index (χ3n) is 2.18. The molecule has 1 rings (SSSR count). The van der Waals surface area contributed by atoms with Gasteiger partial charge in [0.05, 0.1) is 13.7 Å². The molecule has 0 unspecified atom stereocenters. The van der Waals surface area contributed by atoms with E-state index < -0.39 is 5.91 Å². The van der Waals surface area contributed by atoms with Crippen LogP contribution in [0.5, 0.6) is 11.5 Å². The zero-order valence-electron chi connectivity index (χ0n) is 10.3. The third-order valence-corrected chi connectivity index (χ3v) is 2.18. The lowest BCUT2D eigenvalue weighted by Gasteiger charge is -2.09. The van der Waals surface area contributed by atoms with E-state index in [4.69, 9.17) is 20.5 Å². The molecule has 0 heterocycles. The fourth-order valence-electron chi connectivity index (χ4n) is 1.38. The van der Waals surface area contributed by atoms with Gasteiger partial charge in [-0.05, 0) is 30.7 Å². The van der Waals surface area contributed by atoms with Gasteiger partial charge >= 0.3 is 0 Å². The van der Waals surface area contributed by atoms with Crippen molar-refractivity contribution in [1.82, 2.24) is 0 Å². The summed E-state index contributed by atoms with van der Waals surface area (Å²) < 4.78 is 10.5. The highest BCUT2D eigenvalue weighted by Crippen LogP contribution is 2.28. The molecule has 1 aromatic rings. The Kier molecular flexibility index (Phi) is 4.76. The van der Waals surface area contributed by atoms with E-state index in [2.05, 4.69) is 0 Å². The number of rotatable bonds is 5. The smallest absolute Gasteiger partial charge is 0.259 e. The van der Waals surface area contributed by atoms with Crippen molar-refractivity contribution < 1.29 is 14.3 Å². The standard InChI is InChI=1S/C13H14N2O3/c1-3-18-12-7-9(4-5-11(12)17-2)6-10(8-14)13(15)16/h4-7H,3H2,1-2H3,(H2,15,16)/b10-6+. The summed E-state index contributed by atoms with van der Waals surface area (Å²) in [5.41, 5.74) is 5.60. The van der Waals surface area contributed by atoms with Crippen LogP contribution < -0.4 is 15.2 Å². The summed E-state index contributed by atoms with van der Waals surface area (Å²) in [7, 11) is 1.54. The minimum Gasteiger partial charge on any atom is -0.493 e. The summed E-state index contributed by atoms with van der Waals surface area (Å²) >= 11 is 0. The predicted molar refractivity (Wildman–Crippen MR) is 66.9 cm³/mol. The Morgan fingerprint density at radius 2 is 2.22 bits per heavy atom. The fraction of sp³-hybridized carbons (Fsp3) is 0.231. The number of carbonyl (C=O) groups excluding carboxylic acids is 1. The molecular formula is C13H14N2O3. The number of primary amides is 1. The summed E-state index contributed by atoms with van der Waals surface area (Å²) in [6, 6.07) is 6.84. The number of nitrogens with two attached hydrogens (primary N) is 1. The van der Waals surface area contributed by atoms with E-state index in [1.54, 1.807) is 24.3 Å². The highest BCUT2D eigenvalue weighted by Gasteiger charge is 2.07. The van der Waals surface area contributed by atoms with E-state index in [0.717, 1.165) is 0 Å². The minimum atomic E-state index is -0.758. The van der Waals surface area contributed by atoms with Crippen LogP contribution in [0.3, 0.4) is 0 Å². The Labute approximate surface area is 105 Å². The Bertz CT molecular complexity index is 515. The van der Waals surface area contributed by atoms with Crippen LogP contribution in [0, 0.1) is 11.3 Å². The van der Waals surface area contributed by atoms with Crippen molar-refractivity contribution in [3.05, 3.63) is 29.3 Å².